The molecular weight excluding hydrogens is 513 g/mol. The van der Waals surface area contributed by atoms with Crippen LogP contribution >= 0.6 is 0 Å². The van der Waals surface area contributed by atoms with E-state index in [2.05, 4.69) is 14.9 Å². The van der Waals surface area contributed by atoms with Gasteiger partial charge in [0.15, 0.2) is 0 Å². The van der Waals surface area contributed by atoms with Crippen molar-refractivity contribution in [3.63, 3.8) is 0 Å². The van der Waals surface area contributed by atoms with Gasteiger partial charge in [0.05, 0.1) is 23.5 Å². The number of anilines is 1. The van der Waals surface area contributed by atoms with Gasteiger partial charge in [0.1, 0.15) is 5.75 Å². The first-order valence-electron chi connectivity index (χ1n) is 11.1. The molecule has 0 unspecified atom stereocenters. The molecule has 1 saturated heterocycles. The molecule has 0 amide bonds. The van der Waals surface area contributed by atoms with Gasteiger partial charge >= 0.3 is 6.36 Å². The van der Waals surface area contributed by atoms with Gasteiger partial charge in [0.25, 0.3) is 11.4 Å². The average molecular weight is 533 g/mol. The number of ether oxygens (including phenoxy) is 1. The summed E-state index contributed by atoms with van der Waals surface area (Å²) in [6.45, 7) is 0.592. The summed E-state index contributed by atoms with van der Waals surface area (Å²) in [4.78, 5) is 16.8. The lowest BCUT2D eigenvalue weighted by Crippen LogP contribution is -2.25. The van der Waals surface area contributed by atoms with E-state index in [1.165, 1.54) is 33.1 Å². The quantitative estimate of drug-likeness (QED) is 0.369. The summed E-state index contributed by atoms with van der Waals surface area (Å²) in [7, 11) is -3.33. The van der Waals surface area contributed by atoms with Gasteiger partial charge in [-0.1, -0.05) is 17.3 Å². The third kappa shape index (κ3) is 5.50. The molecule has 2 aromatic heterocycles. The molecule has 5 rings (SSSR count). The minimum Gasteiger partial charge on any atom is -0.406 e. The van der Waals surface area contributed by atoms with Crippen molar-refractivity contribution in [3.8, 4) is 28.6 Å². The van der Waals surface area contributed by atoms with E-state index in [-0.39, 0.29) is 35.3 Å². The Hall–Kier alpha value is -4.13. The van der Waals surface area contributed by atoms with Crippen molar-refractivity contribution in [2.45, 2.75) is 19.3 Å². The van der Waals surface area contributed by atoms with Crippen molar-refractivity contribution in [2.24, 2.45) is 0 Å². The molecule has 1 aliphatic heterocycles. The number of benzene rings is 2. The van der Waals surface area contributed by atoms with E-state index >= 15 is 0 Å². The number of sulfonamides is 1. The predicted octanol–water partition coefficient (Wildman–Crippen LogP) is 4.05. The van der Waals surface area contributed by atoms with E-state index < -0.39 is 16.4 Å². The summed E-state index contributed by atoms with van der Waals surface area (Å²) in [5, 5.41) is 3.87. The number of aromatic nitrogens is 3. The molecule has 0 bridgehead atoms. The van der Waals surface area contributed by atoms with Crippen LogP contribution in [0.4, 0.5) is 18.9 Å². The maximum absolute atomic E-state index is 12.5. The molecule has 1 aliphatic rings. The van der Waals surface area contributed by atoms with Crippen molar-refractivity contribution in [3.05, 3.63) is 82.8 Å². The fourth-order valence-electron chi connectivity index (χ4n) is 3.98. The van der Waals surface area contributed by atoms with Gasteiger partial charge in [-0.2, -0.15) is 4.98 Å². The molecule has 37 heavy (non-hydrogen) atoms. The van der Waals surface area contributed by atoms with Crippen molar-refractivity contribution in [2.75, 3.05) is 16.6 Å². The highest BCUT2D eigenvalue weighted by atomic mass is 32.2. The normalized spacial score (nSPS) is 15.2. The highest BCUT2D eigenvalue weighted by Gasteiger charge is 2.31. The Bertz CT molecular complexity index is 1600. The molecule has 0 saturated carbocycles. The molecule has 1 fully saturated rings. The van der Waals surface area contributed by atoms with Crippen LogP contribution in [0.15, 0.2) is 76.2 Å². The van der Waals surface area contributed by atoms with Crippen molar-refractivity contribution in [1.82, 2.24) is 14.7 Å². The van der Waals surface area contributed by atoms with Crippen LogP contribution in [0.5, 0.6) is 5.75 Å². The van der Waals surface area contributed by atoms with Gasteiger partial charge in [-0.25, -0.2) is 8.42 Å². The van der Waals surface area contributed by atoms with Gasteiger partial charge in [-0.3, -0.25) is 9.10 Å². The van der Waals surface area contributed by atoms with E-state index in [1.807, 2.05) is 0 Å². The fourth-order valence-corrected chi connectivity index (χ4v) is 5.54. The number of hydrogen-bond acceptors (Lipinski definition) is 7. The number of halogens is 3. The minimum absolute atomic E-state index is 0.108. The number of rotatable bonds is 6. The summed E-state index contributed by atoms with van der Waals surface area (Å²) in [5.41, 5.74) is 1.85. The number of pyridine rings is 1. The van der Waals surface area contributed by atoms with Crippen LogP contribution < -0.4 is 14.6 Å². The highest BCUT2D eigenvalue weighted by Crippen LogP contribution is 2.27. The van der Waals surface area contributed by atoms with E-state index in [4.69, 9.17) is 4.52 Å². The Morgan fingerprint density at radius 1 is 1.03 bits per heavy atom. The largest absolute Gasteiger partial charge is 0.573 e. The first-order valence-corrected chi connectivity index (χ1v) is 12.7. The summed E-state index contributed by atoms with van der Waals surface area (Å²) < 4.78 is 73.6. The third-order valence-corrected chi connectivity index (χ3v) is 7.52. The number of hydrogen-bond donors (Lipinski definition) is 0. The molecule has 3 heterocycles. The van der Waals surface area contributed by atoms with Crippen LogP contribution in [0.2, 0.25) is 0 Å². The first kappa shape index (κ1) is 24.6. The lowest BCUT2D eigenvalue weighted by atomic mass is 10.2. The molecule has 0 N–H and O–H groups in total. The zero-order valence-electron chi connectivity index (χ0n) is 19.1. The van der Waals surface area contributed by atoms with Crippen LogP contribution in [-0.4, -0.2) is 41.8 Å². The summed E-state index contributed by atoms with van der Waals surface area (Å²) in [6, 6.07) is 14.9. The van der Waals surface area contributed by atoms with E-state index in [9.17, 15) is 26.4 Å². The van der Waals surface area contributed by atoms with Gasteiger partial charge in [-0.15, -0.1) is 13.2 Å². The third-order valence-electron chi connectivity index (χ3n) is 5.65. The summed E-state index contributed by atoms with van der Waals surface area (Å²) >= 11 is 0. The van der Waals surface area contributed by atoms with Crippen molar-refractivity contribution >= 4 is 15.7 Å². The highest BCUT2D eigenvalue weighted by molar-refractivity contribution is 7.93. The fraction of sp³-hybridized carbons (Fsp3) is 0.208. The second kappa shape index (κ2) is 9.39. The average Bonchev–Trinajstić information content (AvgIpc) is 3.47. The standard InChI is InChI=1S/C24H19F3N4O5S/c25-24(26,27)35-20-8-5-17(6-9-20)22-28-23(36-29-22)18-7-10-21(32)30(15-18)14-16-3-1-4-19(13-16)31-11-2-12-37(31,33)34/h1,3-10,13,15H,2,11-12,14H2. The second-order valence-corrected chi connectivity index (χ2v) is 10.3. The second-order valence-electron chi connectivity index (χ2n) is 8.29. The van der Waals surface area contributed by atoms with Crippen molar-refractivity contribution < 1.29 is 30.8 Å². The molecule has 2 aromatic carbocycles. The Morgan fingerprint density at radius 3 is 2.49 bits per heavy atom. The zero-order valence-corrected chi connectivity index (χ0v) is 19.9. The first-order chi connectivity index (χ1) is 17.6. The van der Waals surface area contributed by atoms with Crippen LogP contribution in [0, 0.1) is 0 Å². The smallest absolute Gasteiger partial charge is 0.406 e. The maximum atomic E-state index is 12.5. The van der Waals surface area contributed by atoms with Gasteiger partial charge in [0, 0.05) is 24.4 Å². The summed E-state index contributed by atoms with van der Waals surface area (Å²) in [6.07, 6.45) is -2.69. The van der Waals surface area contributed by atoms with Crippen LogP contribution in [0.25, 0.3) is 22.8 Å². The lowest BCUT2D eigenvalue weighted by Gasteiger charge is -2.18. The molecule has 192 valence electrons. The minimum atomic E-state index is -4.79. The van der Waals surface area contributed by atoms with E-state index in [1.54, 1.807) is 30.5 Å². The topological polar surface area (TPSA) is 108 Å². The van der Waals surface area contributed by atoms with Gasteiger partial charge in [0.2, 0.25) is 15.8 Å². The predicted molar refractivity (Wildman–Crippen MR) is 127 cm³/mol. The maximum Gasteiger partial charge on any atom is 0.573 e. The Morgan fingerprint density at radius 2 is 1.78 bits per heavy atom. The van der Waals surface area contributed by atoms with Gasteiger partial charge < -0.3 is 13.8 Å². The Labute approximate surface area is 208 Å². The molecule has 0 atom stereocenters. The van der Waals surface area contributed by atoms with Crippen LogP contribution in [0.3, 0.4) is 0 Å². The Kier molecular flexibility index (Phi) is 6.23. The monoisotopic (exact) mass is 532 g/mol. The molecular formula is C24H19F3N4O5S. The number of alkyl halides is 3. The summed E-state index contributed by atoms with van der Waals surface area (Å²) in [5.74, 6) is -0.0170. The Balaban J connectivity index is 1.36. The van der Waals surface area contributed by atoms with E-state index in [0.717, 1.165) is 17.7 Å². The lowest BCUT2D eigenvalue weighted by molar-refractivity contribution is -0.274. The zero-order chi connectivity index (χ0) is 26.2. The van der Waals surface area contributed by atoms with Crippen LogP contribution in [-0.2, 0) is 16.6 Å². The van der Waals surface area contributed by atoms with E-state index in [0.29, 0.717) is 29.8 Å². The molecule has 9 nitrogen and oxygen atoms in total. The van der Waals surface area contributed by atoms with Gasteiger partial charge in [-0.05, 0) is 54.4 Å². The molecule has 0 aliphatic carbocycles. The number of nitrogens with zero attached hydrogens (tertiary/aromatic N) is 4. The van der Waals surface area contributed by atoms with Crippen molar-refractivity contribution in [1.29, 1.82) is 0 Å². The van der Waals surface area contributed by atoms with Crippen LogP contribution in [0.1, 0.15) is 12.0 Å². The molecule has 13 heteroatoms. The molecule has 0 radical (unpaired) electrons. The SMILES string of the molecule is O=c1ccc(-c2nc(-c3ccc(OC(F)(F)F)cc3)no2)cn1Cc1cccc(N2CCCS2(=O)=O)c1. The molecule has 4 aromatic rings. The molecule has 0 spiro atoms.